The highest BCUT2D eigenvalue weighted by Crippen LogP contribution is 2.28. The van der Waals surface area contributed by atoms with E-state index < -0.39 is 0 Å². The fourth-order valence-electron chi connectivity index (χ4n) is 4.18. The van der Waals surface area contributed by atoms with Gasteiger partial charge in [0.05, 0.1) is 5.92 Å². The van der Waals surface area contributed by atoms with Crippen LogP contribution in [0.1, 0.15) is 30.9 Å². The van der Waals surface area contributed by atoms with Gasteiger partial charge in [-0.1, -0.05) is 31.2 Å². The zero-order chi connectivity index (χ0) is 18.7. The van der Waals surface area contributed by atoms with E-state index in [1.165, 1.54) is 11.1 Å². The fourth-order valence-corrected chi connectivity index (χ4v) is 4.18. The Morgan fingerprint density at radius 3 is 2.35 bits per heavy atom. The minimum atomic E-state index is -0.181. The second-order valence-electron chi connectivity index (χ2n) is 7.91. The van der Waals surface area contributed by atoms with Gasteiger partial charge < -0.3 is 14.7 Å². The first kappa shape index (κ1) is 18.9. The van der Waals surface area contributed by atoms with Crippen molar-refractivity contribution in [2.75, 3.05) is 40.3 Å². The van der Waals surface area contributed by atoms with Crippen molar-refractivity contribution >= 4 is 11.8 Å². The van der Waals surface area contributed by atoms with Gasteiger partial charge in [-0.05, 0) is 44.5 Å². The van der Waals surface area contributed by atoms with Crippen molar-refractivity contribution < 1.29 is 9.59 Å². The van der Waals surface area contributed by atoms with Crippen molar-refractivity contribution in [1.82, 2.24) is 14.7 Å². The van der Waals surface area contributed by atoms with Crippen LogP contribution in [0.2, 0.25) is 0 Å². The van der Waals surface area contributed by atoms with Crippen LogP contribution < -0.4 is 0 Å². The Kier molecular flexibility index (Phi) is 5.97. The van der Waals surface area contributed by atoms with E-state index in [9.17, 15) is 9.59 Å². The Bertz CT molecular complexity index is 633. The molecule has 1 aliphatic carbocycles. The van der Waals surface area contributed by atoms with E-state index in [2.05, 4.69) is 41.0 Å². The van der Waals surface area contributed by atoms with E-state index in [4.69, 9.17) is 0 Å². The molecule has 1 saturated heterocycles. The number of benzene rings is 1. The van der Waals surface area contributed by atoms with Crippen molar-refractivity contribution in [3.8, 4) is 0 Å². The molecule has 5 heteroatoms. The standard InChI is InChI=1S/C21H31N3O2/c1-4-9-24(19-12-16-7-5-6-8-17(16)13-19)21(26)18-14-20(25)23(15-18)11-10-22(2)3/h5-8,18-19H,4,9-15H2,1-3H3. The molecule has 1 heterocycles. The molecule has 0 saturated carbocycles. The summed E-state index contributed by atoms with van der Waals surface area (Å²) in [6.07, 6.45) is 3.19. The van der Waals surface area contributed by atoms with Gasteiger partial charge in [-0.25, -0.2) is 0 Å². The van der Waals surface area contributed by atoms with Gasteiger partial charge in [0.2, 0.25) is 11.8 Å². The lowest BCUT2D eigenvalue weighted by molar-refractivity contribution is -0.138. The summed E-state index contributed by atoms with van der Waals surface area (Å²) in [6, 6.07) is 8.74. The second kappa shape index (κ2) is 8.21. The summed E-state index contributed by atoms with van der Waals surface area (Å²) in [4.78, 5) is 31.5. The number of nitrogens with zero attached hydrogens (tertiary/aromatic N) is 3. The Morgan fingerprint density at radius 1 is 1.12 bits per heavy atom. The molecule has 1 fully saturated rings. The minimum absolute atomic E-state index is 0.122. The molecule has 142 valence electrons. The fraction of sp³-hybridized carbons (Fsp3) is 0.619. The van der Waals surface area contributed by atoms with Crippen LogP contribution >= 0.6 is 0 Å². The highest BCUT2D eigenvalue weighted by molar-refractivity contribution is 5.89. The smallest absolute Gasteiger partial charge is 0.228 e. The Balaban J connectivity index is 1.65. The zero-order valence-corrected chi connectivity index (χ0v) is 16.3. The molecule has 26 heavy (non-hydrogen) atoms. The lowest BCUT2D eigenvalue weighted by Crippen LogP contribution is -2.45. The monoisotopic (exact) mass is 357 g/mol. The van der Waals surface area contributed by atoms with E-state index in [1.54, 1.807) is 0 Å². The topological polar surface area (TPSA) is 43.9 Å². The number of rotatable bonds is 7. The molecule has 3 rings (SSSR count). The maximum absolute atomic E-state index is 13.2. The van der Waals surface area contributed by atoms with E-state index in [1.807, 2.05) is 19.0 Å². The summed E-state index contributed by atoms with van der Waals surface area (Å²) >= 11 is 0. The number of hydrogen-bond donors (Lipinski definition) is 0. The number of amides is 2. The summed E-state index contributed by atoms with van der Waals surface area (Å²) in [5, 5.41) is 0. The normalized spacial score (nSPS) is 20.1. The molecule has 0 spiro atoms. The summed E-state index contributed by atoms with van der Waals surface area (Å²) in [6.45, 7) is 5.01. The molecule has 2 amide bonds. The van der Waals surface area contributed by atoms with Crippen LogP contribution in [-0.2, 0) is 22.4 Å². The Hall–Kier alpha value is -1.88. The molecule has 2 aliphatic rings. The molecule has 1 unspecified atom stereocenters. The molecule has 1 aromatic carbocycles. The van der Waals surface area contributed by atoms with Crippen molar-refractivity contribution in [3.05, 3.63) is 35.4 Å². The average Bonchev–Trinajstić information content (AvgIpc) is 3.20. The molecule has 1 aromatic rings. The van der Waals surface area contributed by atoms with Crippen LogP contribution in [0.3, 0.4) is 0 Å². The lowest BCUT2D eigenvalue weighted by Gasteiger charge is -2.31. The van der Waals surface area contributed by atoms with Gasteiger partial charge in [-0.2, -0.15) is 0 Å². The highest BCUT2D eigenvalue weighted by atomic mass is 16.2. The molecule has 0 N–H and O–H groups in total. The largest absolute Gasteiger partial charge is 0.341 e. The van der Waals surface area contributed by atoms with Gasteiger partial charge in [-0.3, -0.25) is 9.59 Å². The number of likely N-dealkylation sites (N-methyl/N-ethyl adjacent to an activating group) is 1. The average molecular weight is 357 g/mol. The Morgan fingerprint density at radius 2 is 1.77 bits per heavy atom. The maximum Gasteiger partial charge on any atom is 0.228 e. The van der Waals surface area contributed by atoms with E-state index >= 15 is 0 Å². The van der Waals surface area contributed by atoms with Crippen molar-refractivity contribution in [2.24, 2.45) is 5.92 Å². The SMILES string of the molecule is CCCN(C(=O)C1CC(=O)N(CCN(C)C)C1)C1Cc2ccccc2C1. The Labute approximate surface area is 156 Å². The summed E-state index contributed by atoms with van der Waals surface area (Å²) in [5.41, 5.74) is 2.73. The lowest BCUT2D eigenvalue weighted by atomic mass is 10.0. The third kappa shape index (κ3) is 4.09. The first-order chi connectivity index (χ1) is 12.5. The number of fused-ring (bicyclic) bond motifs is 1. The number of hydrogen-bond acceptors (Lipinski definition) is 3. The molecule has 0 aromatic heterocycles. The van der Waals surface area contributed by atoms with Gasteiger partial charge in [0.15, 0.2) is 0 Å². The number of carbonyl (C=O) groups is 2. The van der Waals surface area contributed by atoms with Crippen LogP contribution in [0.15, 0.2) is 24.3 Å². The van der Waals surface area contributed by atoms with Gasteiger partial charge in [-0.15, -0.1) is 0 Å². The highest BCUT2D eigenvalue weighted by Gasteiger charge is 2.39. The van der Waals surface area contributed by atoms with E-state index in [0.29, 0.717) is 19.5 Å². The summed E-state index contributed by atoms with van der Waals surface area (Å²) < 4.78 is 0. The zero-order valence-electron chi connectivity index (χ0n) is 16.3. The van der Waals surface area contributed by atoms with Gasteiger partial charge in [0, 0.05) is 38.6 Å². The predicted octanol–water partition coefficient (Wildman–Crippen LogP) is 1.80. The molecule has 0 bridgehead atoms. The maximum atomic E-state index is 13.2. The predicted molar refractivity (Wildman–Crippen MR) is 103 cm³/mol. The van der Waals surface area contributed by atoms with E-state index in [0.717, 1.165) is 32.4 Å². The molecule has 5 nitrogen and oxygen atoms in total. The second-order valence-corrected chi connectivity index (χ2v) is 7.91. The van der Waals surface area contributed by atoms with Crippen LogP contribution in [-0.4, -0.2) is 72.8 Å². The first-order valence-corrected chi connectivity index (χ1v) is 9.79. The summed E-state index contributed by atoms with van der Waals surface area (Å²) in [7, 11) is 4.01. The van der Waals surface area contributed by atoms with E-state index in [-0.39, 0.29) is 23.8 Å². The quantitative estimate of drug-likeness (QED) is 0.747. The van der Waals surface area contributed by atoms with Crippen LogP contribution in [0.25, 0.3) is 0 Å². The number of likely N-dealkylation sites (tertiary alicyclic amines) is 1. The molecular formula is C21H31N3O2. The molecule has 0 radical (unpaired) electrons. The summed E-state index contributed by atoms with van der Waals surface area (Å²) in [5.74, 6) is 0.113. The minimum Gasteiger partial charge on any atom is -0.341 e. The van der Waals surface area contributed by atoms with Crippen LogP contribution in [0.5, 0.6) is 0 Å². The van der Waals surface area contributed by atoms with Gasteiger partial charge in [0.25, 0.3) is 0 Å². The number of carbonyl (C=O) groups excluding carboxylic acids is 2. The first-order valence-electron chi connectivity index (χ1n) is 9.79. The third-order valence-electron chi connectivity index (χ3n) is 5.60. The third-order valence-corrected chi connectivity index (χ3v) is 5.60. The van der Waals surface area contributed by atoms with Crippen molar-refractivity contribution in [2.45, 2.75) is 38.6 Å². The van der Waals surface area contributed by atoms with Crippen LogP contribution in [0, 0.1) is 5.92 Å². The van der Waals surface area contributed by atoms with Gasteiger partial charge in [0.1, 0.15) is 0 Å². The molecular weight excluding hydrogens is 326 g/mol. The van der Waals surface area contributed by atoms with Gasteiger partial charge >= 0.3 is 0 Å². The van der Waals surface area contributed by atoms with Crippen molar-refractivity contribution in [3.63, 3.8) is 0 Å². The molecule has 1 atom stereocenters. The van der Waals surface area contributed by atoms with Crippen LogP contribution in [0.4, 0.5) is 0 Å². The molecule has 1 aliphatic heterocycles. The van der Waals surface area contributed by atoms with Crippen molar-refractivity contribution in [1.29, 1.82) is 0 Å².